The van der Waals surface area contributed by atoms with Crippen molar-refractivity contribution in [3.8, 4) is 0 Å². The van der Waals surface area contributed by atoms with E-state index in [9.17, 15) is 4.79 Å². The summed E-state index contributed by atoms with van der Waals surface area (Å²) in [5.74, 6) is 0.504. The van der Waals surface area contributed by atoms with E-state index in [1.807, 2.05) is 37.3 Å². The number of benzene rings is 2. The number of para-hydroxylation sites is 1. The van der Waals surface area contributed by atoms with Gasteiger partial charge in [0, 0.05) is 23.8 Å². The minimum Gasteiger partial charge on any atom is -0.364 e. The highest BCUT2D eigenvalue weighted by atomic mass is 32.2. The van der Waals surface area contributed by atoms with Gasteiger partial charge in [-0.2, -0.15) is 0 Å². The molecule has 0 radical (unpaired) electrons. The van der Waals surface area contributed by atoms with Gasteiger partial charge in [-0.15, -0.1) is 0 Å². The lowest BCUT2D eigenvalue weighted by Crippen LogP contribution is -2.51. The van der Waals surface area contributed by atoms with E-state index in [-0.39, 0.29) is 11.4 Å². The van der Waals surface area contributed by atoms with Crippen LogP contribution in [0, 0.1) is 6.92 Å². The normalized spacial score (nSPS) is 22.5. The Bertz CT molecular complexity index is 1120. The van der Waals surface area contributed by atoms with Crippen molar-refractivity contribution in [2.45, 2.75) is 72.4 Å². The molecule has 0 N–H and O–H groups in total. The first kappa shape index (κ1) is 23.6. The Morgan fingerprint density at radius 2 is 1.91 bits per heavy atom. The van der Waals surface area contributed by atoms with Crippen molar-refractivity contribution in [1.29, 1.82) is 0 Å². The summed E-state index contributed by atoms with van der Waals surface area (Å²) in [6.07, 6.45) is 3.17. The lowest BCUT2D eigenvalue weighted by molar-refractivity contribution is -0.122. The highest BCUT2D eigenvalue weighted by Gasteiger charge is 2.38. The Morgan fingerprint density at radius 1 is 1.21 bits per heavy atom. The van der Waals surface area contributed by atoms with Crippen LogP contribution >= 0.6 is 11.8 Å². The minimum absolute atomic E-state index is 0.0345. The number of anilines is 1. The van der Waals surface area contributed by atoms with E-state index in [1.54, 1.807) is 4.90 Å². The monoisotopic (exact) mass is 461 g/mol. The summed E-state index contributed by atoms with van der Waals surface area (Å²) in [6.45, 7) is 16.3. The van der Waals surface area contributed by atoms with Crippen molar-refractivity contribution < 1.29 is 4.79 Å². The molecule has 1 atom stereocenters. The third kappa shape index (κ3) is 4.48. The van der Waals surface area contributed by atoms with Gasteiger partial charge in [-0.25, -0.2) is 4.99 Å². The van der Waals surface area contributed by atoms with Crippen molar-refractivity contribution >= 4 is 40.3 Å². The highest BCUT2D eigenvalue weighted by molar-refractivity contribution is 8.18. The van der Waals surface area contributed by atoms with Gasteiger partial charge < -0.3 is 4.90 Å². The second-order valence-corrected chi connectivity index (χ2v) is 11.0. The Kier molecular flexibility index (Phi) is 6.45. The van der Waals surface area contributed by atoms with Crippen molar-refractivity contribution in [3.05, 3.63) is 64.1 Å². The fourth-order valence-electron chi connectivity index (χ4n) is 5.37. The molecule has 174 valence electrons. The van der Waals surface area contributed by atoms with Gasteiger partial charge in [-0.1, -0.05) is 25.1 Å². The zero-order valence-corrected chi connectivity index (χ0v) is 21.7. The smallest absolute Gasteiger partial charge is 0.266 e. The number of carbonyl (C=O) groups excluding carboxylic acids is 1. The van der Waals surface area contributed by atoms with Crippen LogP contribution in [0.1, 0.15) is 70.6 Å². The number of amidine groups is 1. The Hall–Kier alpha value is -2.53. The second kappa shape index (κ2) is 9.02. The number of thioether (sulfide) groups is 1. The van der Waals surface area contributed by atoms with Gasteiger partial charge in [0.15, 0.2) is 5.17 Å². The summed E-state index contributed by atoms with van der Waals surface area (Å²) in [6, 6.07) is 14.9. The van der Waals surface area contributed by atoms with Gasteiger partial charge in [-0.05, 0) is 113 Å². The molecule has 0 saturated carbocycles. The molecule has 1 fully saturated rings. The van der Waals surface area contributed by atoms with Gasteiger partial charge in [0.1, 0.15) is 0 Å². The first-order valence-electron chi connectivity index (χ1n) is 11.9. The predicted octanol–water partition coefficient (Wildman–Crippen LogP) is 7.12. The van der Waals surface area contributed by atoms with Crippen molar-refractivity contribution in [1.82, 2.24) is 4.90 Å². The van der Waals surface area contributed by atoms with Gasteiger partial charge in [0.2, 0.25) is 0 Å². The maximum atomic E-state index is 13.2. The molecule has 4 rings (SSSR count). The zero-order valence-electron chi connectivity index (χ0n) is 20.8. The first-order valence-corrected chi connectivity index (χ1v) is 12.7. The van der Waals surface area contributed by atoms with Gasteiger partial charge in [0.05, 0.1) is 10.6 Å². The van der Waals surface area contributed by atoms with Gasteiger partial charge in [0.25, 0.3) is 5.91 Å². The molecule has 2 aliphatic heterocycles. The second-order valence-electron chi connectivity index (χ2n) is 10.0. The fourth-order valence-corrected chi connectivity index (χ4v) is 6.42. The number of hydrogen-bond acceptors (Lipinski definition) is 4. The number of carbonyl (C=O) groups is 1. The topological polar surface area (TPSA) is 35.9 Å². The summed E-state index contributed by atoms with van der Waals surface area (Å²) >= 11 is 1.47. The quantitative estimate of drug-likeness (QED) is 0.455. The number of rotatable bonds is 4. The van der Waals surface area contributed by atoms with Crippen LogP contribution in [0.5, 0.6) is 0 Å². The van der Waals surface area contributed by atoms with Crippen LogP contribution in [0.15, 0.2) is 52.4 Å². The van der Waals surface area contributed by atoms with E-state index < -0.39 is 0 Å². The van der Waals surface area contributed by atoms with Crippen LogP contribution in [-0.4, -0.2) is 34.1 Å². The van der Waals surface area contributed by atoms with Crippen LogP contribution in [-0.2, 0) is 4.79 Å². The van der Waals surface area contributed by atoms with E-state index in [0.29, 0.717) is 18.5 Å². The molecule has 0 bridgehead atoms. The molecule has 33 heavy (non-hydrogen) atoms. The summed E-state index contributed by atoms with van der Waals surface area (Å²) in [7, 11) is 0. The Labute approximate surface area is 202 Å². The Balaban J connectivity index is 1.73. The molecule has 1 amide bonds. The van der Waals surface area contributed by atoms with Crippen LogP contribution in [0.3, 0.4) is 0 Å². The summed E-state index contributed by atoms with van der Waals surface area (Å²) < 4.78 is 0. The summed E-state index contributed by atoms with van der Waals surface area (Å²) in [4.78, 5) is 23.0. The SMILES string of the molecule is CCN1C(=O)/C(=C/c2cc3c(cc2C)N(C(C)C)C(C)(C)C[C@@H]3C)SC1=Nc1ccccc1. The number of amides is 1. The van der Waals surface area contributed by atoms with E-state index in [2.05, 4.69) is 64.7 Å². The summed E-state index contributed by atoms with van der Waals surface area (Å²) in [5.41, 5.74) is 6.01. The molecule has 2 aromatic rings. The Morgan fingerprint density at radius 3 is 2.55 bits per heavy atom. The number of nitrogens with zero attached hydrogens (tertiary/aromatic N) is 3. The van der Waals surface area contributed by atoms with E-state index >= 15 is 0 Å². The molecule has 1 saturated heterocycles. The van der Waals surface area contributed by atoms with E-state index in [4.69, 9.17) is 4.99 Å². The lowest BCUT2D eigenvalue weighted by Gasteiger charge is -2.50. The number of aliphatic imine (C=N–C) groups is 1. The zero-order chi connectivity index (χ0) is 23.9. The minimum atomic E-state index is 0.0345. The highest BCUT2D eigenvalue weighted by Crippen LogP contribution is 2.46. The first-order chi connectivity index (χ1) is 15.6. The molecule has 2 heterocycles. The average Bonchev–Trinajstić information content (AvgIpc) is 3.02. The predicted molar refractivity (Wildman–Crippen MR) is 142 cm³/mol. The van der Waals surface area contributed by atoms with E-state index in [1.165, 1.54) is 28.6 Å². The summed E-state index contributed by atoms with van der Waals surface area (Å²) in [5, 5.41) is 0.747. The van der Waals surface area contributed by atoms with Crippen LogP contribution < -0.4 is 4.90 Å². The lowest BCUT2D eigenvalue weighted by atomic mass is 9.78. The third-order valence-corrected chi connectivity index (χ3v) is 7.66. The number of aryl methyl sites for hydroxylation is 1. The average molecular weight is 462 g/mol. The van der Waals surface area contributed by atoms with Gasteiger partial charge >= 0.3 is 0 Å². The molecule has 2 aliphatic rings. The standard InChI is InChI=1S/C28H35N3OS/c1-8-30-26(32)25(33-27(30)29-22-12-10-9-11-13-22)16-21-15-23-20(5)17-28(6,7)31(18(2)3)24(23)14-19(21)4/h9-16,18,20H,8,17H2,1-7H3/b25-16-,29-27?/t20-/m0/s1. The van der Waals surface area contributed by atoms with Crippen molar-refractivity contribution in [2.24, 2.45) is 4.99 Å². The number of hydrogen-bond donors (Lipinski definition) is 0. The molecule has 5 heteroatoms. The van der Waals surface area contributed by atoms with Crippen LogP contribution in [0.4, 0.5) is 11.4 Å². The molecule has 0 unspecified atom stereocenters. The maximum Gasteiger partial charge on any atom is 0.266 e. The molecule has 4 nitrogen and oxygen atoms in total. The van der Waals surface area contributed by atoms with E-state index in [0.717, 1.165) is 27.7 Å². The molecular formula is C28H35N3OS. The van der Waals surface area contributed by atoms with Crippen molar-refractivity contribution in [2.75, 3.05) is 11.4 Å². The molecule has 0 spiro atoms. The molecule has 0 aliphatic carbocycles. The number of fused-ring (bicyclic) bond motifs is 1. The largest absolute Gasteiger partial charge is 0.364 e. The molecular weight excluding hydrogens is 426 g/mol. The van der Waals surface area contributed by atoms with Crippen LogP contribution in [0.2, 0.25) is 0 Å². The van der Waals surface area contributed by atoms with Gasteiger partial charge in [-0.3, -0.25) is 9.69 Å². The number of likely N-dealkylation sites (N-methyl/N-ethyl adjacent to an activating group) is 1. The molecule has 0 aromatic heterocycles. The molecule has 2 aromatic carbocycles. The van der Waals surface area contributed by atoms with Crippen molar-refractivity contribution in [3.63, 3.8) is 0 Å². The van der Waals surface area contributed by atoms with Crippen LogP contribution in [0.25, 0.3) is 6.08 Å². The fraction of sp³-hybridized carbons (Fsp3) is 0.429. The third-order valence-electron chi connectivity index (χ3n) is 6.65. The maximum absolute atomic E-state index is 13.2.